The highest BCUT2D eigenvalue weighted by Gasteiger charge is 2.66. The molecule has 1 fully saturated rings. The minimum Gasteiger partial charge on any atom is -0.491 e. The lowest BCUT2D eigenvalue weighted by Crippen LogP contribution is -2.80. The molecule has 3 rings (SSSR count). The van der Waals surface area contributed by atoms with Crippen LogP contribution in [0.15, 0.2) is 21.9 Å². The molecule has 3 heterocycles. The summed E-state index contributed by atoms with van der Waals surface area (Å²) in [6.07, 6.45) is -1.06. The molecule has 14 heteroatoms. The van der Waals surface area contributed by atoms with Gasteiger partial charge in [-0.15, -0.1) is 11.8 Å². The summed E-state index contributed by atoms with van der Waals surface area (Å²) >= 11 is 6.58. The van der Waals surface area contributed by atoms with Crippen molar-refractivity contribution in [1.82, 2.24) is 15.4 Å². The van der Waals surface area contributed by atoms with E-state index in [0.717, 1.165) is 4.90 Å². The van der Waals surface area contributed by atoms with Gasteiger partial charge in [-0.3, -0.25) is 9.69 Å². The van der Waals surface area contributed by atoms with Crippen molar-refractivity contribution in [2.75, 3.05) is 19.5 Å². The van der Waals surface area contributed by atoms with E-state index >= 15 is 0 Å². The van der Waals surface area contributed by atoms with E-state index in [1.807, 2.05) is 0 Å². The minimum atomic E-state index is -1.60. The Hall–Kier alpha value is -2.84. The van der Waals surface area contributed by atoms with Crippen LogP contribution in [0.5, 0.6) is 5.88 Å². The number of carbonyl (C=O) groups excluding carboxylic acids is 2. The lowest BCUT2D eigenvalue weighted by atomic mass is 9.97. The third kappa shape index (κ3) is 3.57. The van der Waals surface area contributed by atoms with E-state index < -0.39 is 35.0 Å². The highest BCUT2D eigenvalue weighted by atomic mass is 32.2. The van der Waals surface area contributed by atoms with Gasteiger partial charge in [0.05, 0.1) is 10.9 Å². The third-order valence-corrected chi connectivity index (χ3v) is 6.50. The summed E-state index contributed by atoms with van der Waals surface area (Å²) in [6.45, 7) is 1.33. The summed E-state index contributed by atoms with van der Waals surface area (Å²) in [5.74, 6) is -2.45. The number of nitrogens with zero attached hydrogens (tertiary/aromatic N) is 2. The van der Waals surface area contributed by atoms with Gasteiger partial charge >= 0.3 is 12.1 Å². The molecule has 12 nitrogen and oxygen atoms in total. The maximum atomic E-state index is 13.0. The summed E-state index contributed by atoms with van der Waals surface area (Å²) < 4.78 is 15.1. The zero-order valence-electron chi connectivity index (χ0n) is 15.8. The number of ether oxygens (including phenoxy) is 2. The summed E-state index contributed by atoms with van der Waals surface area (Å²) in [7, 11) is 1.30. The molecule has 0 aliphatic carbocycles. The maximum absolute atomic E-state index is 13.0. The van der Waals surface area contributed by atoms with Crippen LogP contribution >= 0.6 is 24.0 Å². The molecule has 2 aliphatic rings. The molecule has 3 atom stereocenters. The van der Waals surface area contributed by atoms with Crippen LogP contribution in [0.2, 0.25) is 0 Å². The molecule has 0 radical (unpaired) electrons. The quantitative estimate of drug-likeness (QED) is 0.246. The Morgan fingerprint density at radius 3 is 2.83 bits per heavy atom. The number of thioether (sulfide) groups is 1. The number of aromatic nitrogens is 1. The van der Waals surface area contributed by atoms with Gasteiger partial charge in [-0.2, -0.15) is 0 Å². The first kappa shape index (κ1) is 21.9. The molecule has 2 amide bonds. The molecule has 2 aliphatic heterocycles. The number of carboxylic acid groups (broad SMARTS) is 1. The van der Waals surface area contributed by atoms with Gasteiger partial charge in [0.2, 0.25) is 0 Å². The standard InChI is InChI=1S/C16H18N4O8S2/c1-6(8-3-9(21)19-28-8)11(29)18-16(26-2)13(24)20-10(12(22)23)7(4-27-15(17)25)5-30-14(16)20/h3,6,14H,4-5H2,1-2H3,(H2,17,25)(H,18,29)(H,19,21)(H,22,23)/t6?,14-,16-/m0/s1. The number of amides is 2. The second kappa shape index (κ2) is 8.12. The second-order valence-corrected chi connectivity index (χ2v) is 7.95. The van der Waals surface area contributed by atoms with E-state index in [9.17, 15) is 24.6 Å². The van der Waals surface area contributed by atoms with Crippen LogP contribution < -0.4 is 11.1 Å². The van der Waals surface area contributed by atoms with E-state index in [-0.39, 0.29) is 40.3 Å². The van der Waals surface area contributed by atoms with Crippen LogP contribution in [0.25, 0.3) is 0 Å². The van der Waals surface area contributed by atoms with Crippen molar-refractivity contribution in [2.45, 2.75) is 23.9 Å². The van der Waals surface area contributed by atoms with Gasteiger partial charge in [-0.05, 0) is 12.1 Å². The molecule has 5 N–H and O–H groups in total. The molecule has 1 aromatic rings. The molecule has 162 valence electrons. The number of carboxylic acids is 1. The number of methoxy groups -OCH3 is 1. The fourth-order valence-electron chi connectivity index (χ4n) is 3.12. The summed E-state index contributed by atoms with van der Waals surface area (Å²) in [4.78, 5) is 36.9. The van der Waals surface area contributed by atoms with Gasteiger partial charge < -0.3 is 35.3 Å². The number of β-lactam (4-membered cyclic amide) rings is 1. The van der Waals surface area contributed by atoms with E-state index in [0.29, 0.717) is 0 Å². The van der Waals surface area contributed by atoms with Crippen LogP contribution in [-0.2, 0) is 19.1 Å². The molecular formula is C16H18N4O8S2. The number of carbonyl (C=O) groups is 3. The Kier molecular flexibility index (Phi) is 5.92. The van der Waals surface area contributed by atoms with Crippen LogP contribution in [0, 0.1) is 0 Å². The predicted molar refractivity (Wildman–Crippen MR) is 105 cm³/mol. The Morgan fingerprint density at radius 2 is 2.30 bits per heavy atom. The van der Waals surface area contributed by atoms with Gasteiger partial charge in [-0.1, -0.05) is 12.2 Å². The number of nitrogens with two attached hydrogens (primary N) is 1. The Balaban J connectivity index is 1.84. The van der Waals surface area contributed by atoms with Crippen LogP contribution in [0.3, 0.4) is 0 Å². The third-order valence-electron chi connectivity index (χ3n) is 4.67. The monoisotopic (exact) mass is 458 g/mol. The van der Waals surface area contributed by atoms with Gasteiger partial charge in [0.15, 0.2) is 0 Å². The summed E-state index contributed by atoms with van der Waals surface area (Å²) in [6, 6.07) is 1.29. The first-order valence-electron chi connectivity index (χ1n) is 8.48. The van der Waals surface area contributed by atoms with Crippen molar-refractivity contribution in [2.24, 2.45) is 5.73 Å². The van der Waals surface area contributed by atoms with E-state index in [2.05, 4.69) is 10.5 Å². The van der Waals surface area contributed by atoms with Crippen molar-refractivity contribution in [3.8, 4) is 5.88 Å². The smallest absolute Gasteiger partial charge is 0.404 e. The normalized spacial score (nSPS) is 24.0. The van der Waals surface area contributed by atoms with Gasteiger partial charge in [0.25, 0.3) is 17.5 Å². The molecule has 1 aromatic heterocycles. The predicted octanol–water partition coefficient (Wildman–Crippen LogP) is 0.0925. The highest BCUT2D eigenvalue weighted by Crippen LogP contribution is 2.47. The number of thiocarbonyl (C=S) groups is 1. The number of nitrogens with one attached hydrogen (secondary N) is 1. The molecule has 30 heavy (non-hydrogen) atoms. The first-order valence-corrected chi connectivity index (χ1v) is 9.93. The van der Waals surface area contributed by atoms with Gasteiger partial charge in [0, 0.05) is 24.5 Å². The number of rotatable bonds is 7. The van der Waals surface area contributed by atoms with E-state index in [4.69, 9.17) is 31.9 Å². The fourth-order valence-corrected chi connectivity index (χ4v) is 4.80. The second-order valence-electron chi connectivity index (χ2n) is 6.44. The van der Waals surface area contributed by atoms with Gasteiger partial charge in [-0.25, -0.2) is 9.59 Å². The zero-order chi connectivity index (χ0) is 22.2. The minimum absolute atomic E-state index is 0.161. The molecule has 1 unspecified atom stereocenters. The van der Waals surface area contributed by atoms with Crippen molar-refractivity contribution < 1.29 is 38.6 Å². The number of aliphatic carboxylic acids is 1. The summed E-state index contributed by atoms with van der Waals surface area (Å²) in [5.41, 5.74) is 3.28. The number of hydrogen-bond donors (Lipinski definition) is 4. The van der Waals surface area contributed by atoms with Crippen LogP contribution in [0.4, 0.5) is 4.79 Å². The average molecular weight is 458 g/mol. The van der Waals surface area contributed by atoms with Crippen molar-refractivity contribution in [3.05, 3.63) is 23.1 Å². The van der Waals surface area contributed by atoms with Crippen LogP contribution in [-0.4, -0.2) is 73.8 Å². The summed E-state index contributed by atoms with van der Waals surface area (Å²) in [5, 5.41) is 24.5. The number of fused-ring (bicyclic) bond motifs is 1. The molecule has 0 aromatic carbocycles. The van der Waals surface area contributed by atoms with E-state index in [1.165, 1.54) is 24.9 Å². The number of hydrogen-bond acceptors (Lipinski definition) is 10. The Bertz CT molecular complexity index is 947. The topological polar surface area (TPSA) is 177 Å². The zero-order valence-corrected chi connectivity index (χ0v) is 17.4. The molecule has 0 saturated carbocycles. The SMILES string of the molecule is CO[C@@]1(NC(=S)C(C)c2cc(O)no2)C(=O)N2C(C(=O)O)=C(COC(N)=O)CS[C@H]21. The van der Waals surface area contributed by atoms with Gasteiger partial charge in [0.1, 0.15) is 23.4 Å². The Morgan fingerprint density at radius 1 is 1.60 bits per heavy atom. The average Bonchev–Trinajstić information content (AvgIpc) is 3.14. The highest BCUT2D eigenvalue weighted by molar-refractivity contribution is 8.00. The van der Waals surface area contributed by atoms with Crippen molar-refractivity contribution >= 4 is 46.9 Å². The van der Waals surface area contributed by atoms with Crippen molar-refractivity contribution in [1.29, 1.82) is 0 Å². The van der Waals surface area contributed by atoms with Crippen LogP contribution in [0.1, 0.15) is 18.6 Å². The molecule has 1 saturated heterocycles. The number of aromatic hydroxyl groups is 1. The number of primary amides is 1. The van der Waals surface area contributed by atoms with E-state index in [1.54, 1.807) is 6.92 Å². The maximum Gasteiger partial charge on any atom is 0.404 e. The lowest BCUT2D eigenvalue weighted by molar-refractivity contribution is -0.187. The fraction of sp³-hybridized carbons (Fsp3) is 0.438. The largest absolute Gasteiger partial charge is 0.491 e. The Labute approximate surface area is 179 Å². The first-order chi connectivity index (χ1) is 14.1. The lowest BCUT2D eigenvalue weighted by Gasteiger charge is -2.56. The molecule has 0 bridgehead atoms. The van der Waals surface area contributed by atoms with Crippen molar-refractivity contribution in [3.63, 3.8) is 0 Å². The molecule has 0 spiro atoms. The molecular weight excluding hydrogens is 440 g/mol.